The van der Waals surface area contributed by atoms with Gasteiger partial charge in [-0.3, -0.25) is 4.79 Å². The zero-order valence-corrected chi connectivity index (χ0v) is 13.9. The highest BCUT2D eigenvalue weighted by Crippen LogP contribution is 2.28. The Balaban J connectivity index is 1.88. The summed E-state index contributed by atoms with van der Waals surface area (Å²) in [7, 11) is 0. The molecular formula is C19H23N3O2. The second-order valence-corrected chi connectivity index (χ2v) is 5.98. The number of benzene rings is 2. The number of nitrogens with two attached hydrogens (primary N) is 1. The number of nitrogens with zero attached hydrogens (tertiary/aromatic N) is 1. The van der Waals surface area contributed by atoms with Crippen LogP contribution in [0.3, 0.4) is 0 Å². The predicted molar refractivity (Wildman–Crippen MR) is 96.5 cm³/mol. The van der Waals surface area contributed by atoms with Crippen molar-refractivity contribution in [2.24, 2.45) is 5.73 Å². The zero-order chi connectivity index (χ0) is 16.9. The standard InChI is InChI=1S/C19H23N3O2/c1-14-3-2-4-16(11-14)19(23)21-17-12-15(13-20)5-6-18(17)22-7-9-24-10-8-22/h2-6,11-12H,7-10,13,20H2,1H3,(H,21,23). The van der Waals surface area contributed by atoms with Crippen molar-refractivity contribution in [1.29, 1.82) is 0 Å². The molecule has 0 aliphatic carbocycles. The van der Waals surface area contributed by atoms with E-state index in [1.54, 1.807) is 0 Å². The van der Waals surface area contributed by atoms with Gasteiger partial charge >= 0.3 is 0 Å². The summed E-state index contributed by atoms with van der Waals surface area (Å²) in [6, 6.07) is 13.6. The Morgan fingerprint density at radius 2 is 2.00 bits per heavy atom. The number of aryl methyl sites for hydroxylation is 1. The molecular weight excluding hydrogens is 302 g/mol. The summed E-state index contributed by atoms with van der Waals surface area (Å²) >= 11 is 0. The van der Waals surface area contributed by atoms with E-state index in [1.165, 1.54) is 0 Å². The summed E-state index contributed by atoms with van der Waals surface area (Å²) in [6.45, 7) is 5.44. The highest BCUT2D eigenvalue weighted by molar-refractivity contribution is 6.06. The number of nitrogens with one attached hydrogen (secondary N) is 1. The van der Waals surface area contributed by atoms with E-state index in [0.717, 1.165) is 35.6 Å². The molecule has 0 unspecified atom stereocenters. The molecule has 24 heavy (non-hydrogen) atoms. The molecule has 0 spiro atoms. The fraction of sp³-hybridized carbons (Fsp3) is 0.316. The van der Waals surface area contributed by atoms with Gasteiger partial charge < -0.3 is 20.7 Å². The van der Waals surface area contributed by atoms with E-state index in [2.05, 4.69) is 10.2 Å². The van der Waals surface area contributed by atoms with Gasteiger partial charge in [0.2, 0.25) is 0 Å². The largest absolute Gasteiger partial charge is 0.378 e. The Kier molecular flexibility index (Phi) is 5.13. The maximum atomic E-state index is 12.6. The summed E-state index contributed by atoms with van der Waals surface area (Å²) in [5, 5.41) is 3.05. The van der Waals surface area contributed by atoms with Crippen molar-refractivity contribution in [2.75, 3.05) is 36.5 Å². The number of rotatable bonds is 4. The molecule has 126 valence electrons. The SMILES string of the molecule is Cc1cccc(C(=O)Nc2cc(CN)ccc2N2CCOCC2)c1. The van der Waals surface area contributed by atoms with Crippen LogP contribution in [0.15, 0.2) is 42.5 Å². The van der Waals surface area contributed by atoms with Gasteiger partial charge in [0.1, 0.15) is 0 Å². The van der Waals surface area contributed by atoms with Gasteiger partial charge in [0.05, 0.1) is 24.6 Å². The Morgan fingerprint density at radius 3 is 2.71 bits per heavy atom. The molecule has 1 saturated heterocycles. The number of ether oxygens (including phenoxy) is 1. The molecule has 0 aromatic heterocycles. The first-order chi connectivity index (χ1) is 11.7. The van der Waals surface area contributed by atoms with Crippen LogP contribution in [0.25, 0.3) is 0 Å². The maximum Gasteiger partial charge on any atom is 0.255 e. The molecule has 3 rings (SSSR count). The number of morpholine rings is 1. The molecule has 1 aliphatic rings. The third-order valence-electron chi connectivity index (χ3n) is 4.18. The van der Waals surface area contributed by atoms with Gasteiger partial charge in [0.15, 0.2) is 0 Å². The number of anilines is 2. The van der Waals surface area contributed by atoms with E-state index in [9.17, 15) is 4.79 Å². The van der Waals surface area contributed by atoms with Gasteiger partial charge in [-0.2, -0.15) is 0 Å². The van der Waals surface area contributed by atoms with Gasteiger partial charge in [-0.15, -0.1) is 0 Å². The smallest absolute Gasteiger partial charge is 0.255 e. The number of carbonyl (C=O) groups excluding carboxylic acids is 1. The van der Waals surface area contributed by atoms with Crippen molar-refractivity contribution >= 4 is 17.3 Å². The zero-order valence-electron chi connectivity index (χ0n) is 13.9. The summed E-state index contributed by atoms with van der Waals surface area (Å²) < 4.78 is 5.42. The third-order valence-corrected chi connectivity index (χ3v) is 4.18. The molecule has 1 aliphatic heterocycles. The molecule has 0 saturated carbocycles. The molecule has 1 heterocycles. The molecule has 0 atom stereocenters. The molecule has 1 fully saturated rings. The van der Waals surface area contributed by atoms with Gasteiger partial charge in [0, 0.05) is 25.2 Å². The molecule has 2 aromatic carbocycles. The number of hydrogen-bond acceptors (Lipinski definition) is 4. The quantitative estimate of drug-likeness (QED) is 0.906. The Morgan fingerprint density at radius 1 is 1.21 bits per heavy atom. The first-order valence-electron chi connectivity index (χ1n) is 8.21. The minimum Gasteiger partial charge on any atom is -0.378 e. The summed E-state index contributed by atoms with van der Waals surface area (Å²) in [6.07, 6.45) is 0. The van der Waals surface area contributed by atoms with E-state index in [1.807, 2.05) is 49.4 Å². The Hall–Kier alpha value is -2.37. The van der Waals surface area contributed by atoms with E-state index in [-0.39, 0.29) is 5.91 Å². The number of carbonyl (C=O) groups is 1. The van der Waals surface area contributed by atoms with Crippen LogP contribution in [0.5, 0.6) is 0 Å². The second-order valence-electron chi connectivity index (χ2n) is 5.98. The lowest BCUT2D eigenvalue weighted by Crippen LogP contribution is -2.36. The molecule has 2 aromatic rings. The van der Waals surface area contributed by atoms with E-state index < -0.39 is 0 Å². The predicted octanol–water partition coefficient (Wildman–Crippen LogP) is 2.54. The van der Waals surface area contributed by atoms with Crippen LogP contribution in [0.1, 0.15) is 21.5 Å². The van der Waals surface area contributed by atoms with Crippen molar-refractivity contribution in [3.63, 3.8) is 0 Å². The number of hydrogen-bond donors (Lipinski definition) is 2. The monoisotopic (exact) mass is 325 g/mol. The van der Waals surface area contributed by atoms with Crippen molar-refractivity contribution in [1.82, 2.24) is 0 Å². The van der Waals surface area contributed by atoms with Crippen molar-refractivity contribution in [3.8, 4) is 0 Å². The van der Waals surface area contributed by atoms with E-state index in [4.69, 9.17) is 10.5 Å². The molecule has 3 N–H and O–H groups in total. The summed E-state index contributed by atoms with van der Waals surface area (Å²) in [4.78, 5) is 14.8. The Labute approximate surface area is 142 Å². The van der Waals surface area contributed by atoms with Crippen LogP contribution in [-0.4, -0.2) is 32.2 Å². The Bertz CT molecular complexity index is 724. The van der Waals surface area contributed by atoms with Gasteiger partial charge in [-0.1, -0.05) is 23.8 Å². The summed E-state index contributed by atoms with van der Waals surface area (Å²) in [5.41, 5.74) is 10.3. The fourth-order valence-corrected chi connectivity index (χ4v) is 2.87. The van der Waals surface area contributed by atoms with Crippen LogP contribution in [0, 0.1) is 6.92 Å². The summed E-state index contributed by atoms with van der Waals surface area (Å²) in [5.74, 6) is -0.109. The second kappa shape index (κ2) is 7.47. The van der Waals surface area contributed by atoms with Crippen LogP contribution in [0.2, 0.25) is 0 Å². The van der Waals surface area contributed by atoms with Gasteiger partial charge in [-0.05, 0) is 36.8 Å². The average molecular weight is 325 g/mol. The highest BCUT2D eigenvalue weighted by Gasteiger charge is 2.17. The van der Waals surface area contributed by atoms with Crippen LogP contribution < -0.4 is 16.0 Å². The van der Waals surface area contributed by atoms with Gasteiger partial charge in [0.25, 0.3) is 5.91 Å². The first-order valence-corrected chi connectivity index (χ1v) is 8.21. The maximum absolute atomic E-state index is 12.6. The van der Waals surface area contributed by atoms with E-state index >= 15 is 0 Å². The van der Waals surface area contributed by atoms with E-state index in [0.29, 0.717) is 25.3 Å². The lowest BCUT2D eigenvalue weighted by Gasteiger charge is -2.30. The molecule has 5 nitrogen and oxygen atoms in total. The van der Waals surface area contributed by atoms with Crippen molar-refractivity contribution in [3.05, 3.63) is 59.2 Å². The van der Waals surface area contributed by atoms with Crippen LogP contribution in [0.4, 0.5) is 11.4 Å². The first kappa shape index (κ1) is 16.5. The lowest BCUT2D eigenvalue weighted by molar-refractivity contribution is 0.102. The van der Waals surface area contributed by atoms with Crippen molar-refractivity contribution in [2.45, 2.75) is 13.5 Å². The molecule has 0 radical (unpaired) electrons. The van der Waals surface area contributed by atoms with Crippen LogP contribution in [-0.2, 0) is 11.3 Å². The van der Waals surface area contributed by atoms with Crippen LogP contribution >= 0.6 is 0 Å². The third kappa shape index (κ3) is 3.75. The lowest BCUT2D eigenvalue weighted by atomic mass is 10.1. The average Bonchev–Trinajstić information content (AvgIpc) is 2.62. The molecule has 5 heteroatoms. The normalized spacial score (nSPS) is 14.5. The minimum atomic E-state index is -0.109. The topological polar surface area (TPSA) is 67.6 Å². The molecule has 0 bridgehead atoms. The van der Waals surface area contributed by atoms with Crippen molar-refractivity contribution < 1.29 is 9.53 Å². The van der Waals surface area contributed by atoms with Gasteiger partial charge in [-0.25, -0.2) is 0 Å². The number of amides is 1. The highest BCUT2D eigenvalue weighted by atomic mass is 16.5. The molecule has 1 amide bonds. The minimum absolute atomic E-state index is 0.109. The fourth-order valence-electron chi connectivity index (χ4n) is 2.87.